The molecule has 0 radical (unpaired) electrons. The third-order valence-corrected chi connectivity index (χ3v) is 3.63. The second kappa shape index (κ2) is 6.11. The molecule has 8 heteroatoms. The summed E-state index contributed by atoms with van der Waals surface area (Å²) in [6, 6.07) is 3.79. The van der Waals surface area contributed by atoms with Crippen molar-refractivity contribution >= 4 is 28.6 Å². The van der Waals surface area contributed by atoms with Gasteiger partial charge in [0.2, 0.25) is 10.0 Å². The zero-order valence-electron chi connectivity index (χ0n) is 11.4. The van der Waals surface area contributed by atoms with Gasteiger partial charge in [0.15, 0.2) is 0 Å². The Morgan fingerprint density at radius 3 is 2.50 bits per heavy atom. The summed E-state index contributed by atoms with van der Waals surface area (Å²) in [6.45, 7) is 3.38. The molecule has 1 rings (SSSR count). The Labute approximate surface area is 123 Å². The van der Waals surface area contributed by atoms with Gasteiger partial charge in [-0.25, -0.2) is 17.5 Å². The fourth-order valence-corrected chi connectivity index (χ4v) is 2.88. The van der Waals surface area contributed by atoms with Crippen LogP contribution < -0.4 is 10.0 Å². The number of carbonyl (C=O) groups is 1. The molecule has 0 saturated carbocycles. The van der Waals surface area contributed by atoms with Crippen LogP contribution >= 0.6 is 12.6 Å². The first-order valence-corrected chi connectivity index (χ1v) is 8.10. The number of nitrogens with one attached hydrogen (secondary N) is 2. The van der Waals surface area contributed by atoms with E-state index in [4.69, 9.17) is 0 Å². The van der Waals surface area contributed by atoms with E-state index in [1.54, 1.807) is 13.8 Å². The molecule has 0 aliphatic carbocycles. The number of hydrogen-bond donors (Lipinski definition) is 3. The monoisotopic (exact) mass is 320 g/mol. The van der Waals surface area contributed by atoms with Gasteiger partial charge in [-0.3, -0.25) is 4.79 Å². The van der Waals surface area contributed by atoms with Crippen molar-refractivity contribution in [2.75, 3.05) is 12.8 Å². The molecule has 0 unspecified atom stereocenters. The number of hydrogen-bond acceptors (Lipinski definition) is 4. The first-order chi connectivity index (χ1) is 9.00. The predicted molar refractivity (Wildman–Crippen MR) is 78.0 cm³/mol. The Morgan fingerprint density at radius 1 is 1.40 bits per heavy atom. The summed E-state index contributed by atoms with van der Waals surface area (Å²) in [5, 5.41) is 2.59. The summed E-state index contributed by atoms with van der Waals surface area (Å²) < 4.78 is 37.8. The first kappa shape index (κ1) is 16.9. The van der Waals surface area contributed by atoms with Crippen LogP contribution in [0.5, 0.6) is 0 Å². The number of rotatable bonds is 5. The van der Waals surface area contributed by atoms with Gasteiger partial charge in [0.05, 0.1) is 6.26 Å². The highest BCUT2D eigenvalue weighted by atomic mass is 32.2. The van der Waals surface area contributed by atoms with Crippen molar-refractivity contribution < 1.29 is 17.6 Å². The van der Waals surface area contributed by atoms with Gasteiger partial charge in [-0.05, 0) is 32.0 Å². The molecule has 0 aliphatic rings. The van der Waals surface area contributed by atoms with E-state index in [1.165, 1.54) is 12.1 Å². The van der Waals surface area contributed by atoms with E-state index in [0.717, 1.165) is 12.3 Å². The smallest absolute Gasteiger partial charge is 0.251 e. The van der Waals surface area contributed by atoms with Crippen molar-refractivity contribution in [3.63, 3.8) is 0 Å². The summed E-state index contributed by atoms with van der Waals surface area (Å²) in [6.07, 6.45) is 1.05. The maximum Gasteiger partial charge on any atom is 0.251 e. The van der Waals surface area contributed by atoms with Gasteiger partial charge in [-0.15, -0.1) is 12.6 Å². The Bertz CT molecular complexity index is 615. The van der Waals surface area contributed by atoms with Crippen LogP contribution in [0.2, 0.25) is 0 Å². The van der Waals surface area contributed by atoms with Crippen LogP contribution in [0.1, 0.15) is 24.2 Å². The first-order valence-electron chi connectivity index (χ1n) is 5.76. The SMILES string of the molecule is CC(C)(CNC(=O)c1ccc(F)c(S)c1)NS(C)(=O)=O. The fourth-order valence-electron chi connectivity index (χ4n) is 1.60. The Hall–Kier alpha value is -1.12. The normalized spacial score (nSPS) is 12.2. The zero-order valence-corrected chi connectivity index (χ0v) is 13.1. The van der Waals surface area contributed by atoms with E-state index >= 15 is 0 Å². The number of sulfonamides is 1. The van der Waals surface area contributed by atoms with Gasteiger partial charge >= 0.3 is 0 Å². The molecule has 0 heterocycles. The molecule has 0 aliphatic heterocycles. The summed E-state index contributed by atoms with van der Waals surface area (Å²) in [5.41, 5.74) is -0.570. The highest BCUT2D eigenvalue weighted by molar-refractivity contribution is 7.88. The second-order valence-corrected chi connectivity index (χ2v) is 7.34. The lowest BCUT2D eigenvalue weighted by Crippen LogP contribution is -2.51. The van der Waals surface area contributed by atoms with Gasteiger partial charge in [0.1, 0.15) is 5.82 Å². The van der Waals surface area contributed by atoms with Crippen LogP contribution in [-0.4, -0.2) is 32.7 Å². The number of thiol groups is 1. The molecular formula is C12H17FN2O3S2. The van der Waals surface area contributed by atoms with Crippen molar-refractivity contribution in [2.45, 2.75) is 24.3 Å². The average Bonchev–Trinajstić information content (AvgIpc) is 2.26. The topological polar surface area (TPSA) is 75.3 Å². The standard InChI is InChI=1S/C12H17FN2O3S2/c1-12(2,15-20(3,17)18)7-14-11(16)8-4-5-9(13)10(19)6-8/h4-6,15,19H,7H2,1-3H3,(H,14,16). The summed E-state index contributed by atoms with van der Waals surface area (Å²) in [7, 11) is -3.37. The van der Waals surface area contributed by atoms with E-state index in [1.807, 2.05) is 0 Å². The Balaban J connectivity index is 2.69. The molecule has 0 spiro atoms. The Morgan fingerprint density at radius 2 is 2.00 bits per heavy atom. The van der Waals surface area contributed by atoms with Crippen molar-refractivity contribution in [1.82, 2.24) is 10.0 Å². The van der Waals surface area contributed by atoms with E-state index in [0.29, 0.717) is 0 Å². The quantitative estimate of drug-likeness (QED) is 0.713. The molecule has 0 saturated heterocycles. The molecule has 1 aromatic rings. The molecular weight excluding hydrogens is 303 g/mol. The van der Waals surface area contributed by atoms with Gasteiger partial charge in [0.25, 0.3) is 5.91 Å². The maximum absolute atomic E-state index is 13.0. The minimum absolute atomic E-state index is 0.0752. The minimum atomic E-state index is -3.37. The van der Waals surface area contributed by atoms with Crippen LogP contribution in [0, 0.1) is 5.82 Å². The lowest BCUT2D eigenvalue weighted by molar-refractivity contribution is 0.0944. The number of benzene rings is 1. The molecule has 5 nitrogen and oxygen atoms in total. The average molecular weight is 320 g/mol. The van der Waals surface area contributed by atoms with E-state index in [-0.39, 0.29) is 17.0 Å². The third kappa shape index (κ3) is 5.48. The third-order valence-electron chi connectivity index (χ3n) is 2.36. The number of halogens is 1. The van der Waals surface area contributed by atoms with Crippen molar-refractivity contribution in [3.05, 3.63) is 29.6 Å². The van der Waals surface area contributed by atoms with Crippen LogP contribution in [0.4, 0.5) is 4.39 Å². The lowest BCUT2D eigenvalue weighted by atomic mass is 10.1. The molecule has 1 aromatic carbocycles. The molecule has 0 bridgehead atoms. The molecule has 0 fully saturated rings. The summed E-state index contributed by atoms with van der Waals surface area (Å²) in [5.74, 6) is -0.937. The van der Waals surface area contributed by atoms with Crippen LogP contribution in [0.25, 0.3) is 0 Å². The van der Waals surface area contributed by atoms with Crippen LogP contribution in [0.15, 0.2) is 23.1 Å². The van der Waals surface area contributed by atoms with Gasteiger partial charge in [0, 0.05) is 22.5 Å². The fraction of sp³-hybridized carbons (Fsp3) is 0.417. The van der Waals surface area contributed by atoms with Gasteiger partial charge < -0.3 is 5.32 Å². The molecule has 0 aromatic heterocycles. The largest absolute Gasteiger partial charge is 0.350 e. The van der Waals surface area contributed by atoms with Crippen molar-refractivity contribution in [3.8, 4) is 0 Å². The molecule has 20 heavy (non-hydrogen) atoms. The summed E-state index contributed by atoms with van der Waals surface area (Å²) >= 11 is 3.90. The molecule has 1 amide bonds. The number of amides is 1. The second-order valence-electron chi connectivity index (χ2n) is 5.11. The maximum atomic E-state index is 13.0. The molecule has 0 atom stereocenters. The number of carbonyl (C=O) groups excluding carboxylic acids is 1. The summed E-state index contributed by atoms with van der Waals surface area (Å²) in [4.78, 5) is 12.0. The zero-order chi connectivity index (χ0) is 15.6. The minimum Gasteiger partial charge on any atom is -0.350 e. The molecule has 112 valence electrons. The van der Waals surface area contributed by atoms with Crippen LogP contribution in [-0.2, 0) is 10.0 Å². The highest BCUT2D eigenvalue weighted by Gasteiger charge is 2.23. The van der Waals surface area contributed by atoms with E-state index in [2.05, 4.69) is 22.7 Å². The predicted octanol–water partition coefficient (Wildman–Crippen LogP) is 1.17. The Kier molecular flexibility index (Phi) is 5.17. The van der Waals surface area contributed by atoms with E-state index in [9.17, 15) is 17.6 Å². The van der Waals surface area contributed by atoms with Crippen LogP contribution in [0.3, 0.4) is 0 Å². The van der Waals surface area contributed by atoms with Crippen molar-refractivity contribution in [1.29, 1.82) is 0 Å². The van der Waals surface area contributed by atoms with Crippen molar-refractivity contribution in [2.24, 2.45) is 0 Å². The van der Waals surface area contributed by atoms with Gasteiger partial charge in [-0.1, -0.05) is 0 Å². The lowest BCUT2D eigenvalue weighted by Gasteiger charge is -2.25. The molecule has 2 N–H and O–H groups in total. The highest BCUT2D eigenvalue weighted by Crippen LogP contribution is 2.14. The van der Waals surface area contributed by atoms with Gasteiger partial charge in [-0.2, -0.15) is 0 Å². The van der Waals surface area contributed by atoms with E-state index < -0.39 is 27.3 Å².